The largest absolute Gasteiger partial charge is 0.379 e. The number of ether oxygens (including phenoxy) is 1. The Morgan fingerprint density at radius 1 is 1.56 bits per heavy atom. The van der Waals surface area contributed by atoms with Crippen molar-refractivity contribution in [2.45, 2.75) is 12.5 Å². The first-order valence-electron chi connectivity index (χ1n) is 5.55. The average molecular weight is 312 g/mol. The summed E-state index contributed by atoms with van der Waals surface area (Å²) >= 11 is 3.23. The van der Waals surface area contributed by atoms with E-state index >= 15 is 0 Å². The van der Waals surface area contributed by atoms with E-state index in [0.29, 0.717) is 11.1 Å². The molecule has 1 aromatic heterocycles. The minimum Gasteiger partial charge on any atom is -0.379 e. The van der Waals surface area contributed by atoms with E-state index in [4.69, 9.17) is 4.74 Å². The quantitative estimate of drug-likeness (QED) is 0.631. The average Bonchev–Trinajstić information content (AvgIpc) is 2.94. The van der Waals surface area contributed by atoms with Crippen molar-refractivity contribution in [3.8, 4) is 0 Å². The Morgan fingerprint density at radius 2 is 2.39 bits per heavy atom. The topological polar surface area (TPSA) is 70.2 Å². The van der Waals surface area contributed by atoms with Gasteiger partial charge in [-0.1, -0.05) is 0 Å². The molecule has 3 rings (SSSR count). The van der Waals surface area contributed by atoms with Crippen molar-refractivity contribution in [3.05, 3.63) is 32.9 Å². The Hall–Kier alpha value is -1.47. The van der Waals surface area contributed by atoms with Gasteiger partial charge in [0.25, 0.3) is 5.69 Å². The van der Waals surface area contributed by atoms with Gasteiger partial charge >= 0.3 is 0 Å². The molecule has 0 aliphatic carbocycles. The highest BCUT2D eigenvalue weighted by Gasteiger charge is 2.22. The van der Waals surface area contributed by atoms with E-state index in [1.165, 1.54) is 0 Å². The van der Waals surface area contributed by atoms with Gasteiger partial charge in [0.05, 0.1) is 33.8 Å². The number of nitrogens with zero attached hydrogens (tertiary/aromatic N) is 3. The number of rotatable bonds is 2. The van der Waals surface area contributed by atoms with Crippen LogP contribution in [0.15, 0.2) is 22.8 Å². The van der Waals surface area contributed by atoms with E-state index < -0.39 is 4.92 Å². The van der Waals surface area contributed by atoms with E-state index in [1.807, 2.05) is 4.68 Å². The second-order valence-corrected chi connectivity index (χ2v) is 5.08. The highest BCUT2D eigenvalue weighted by atomic mass is 79.9. The highest BCUT2D eigenvalue weighted by Crippen LogP contribution is 2.32. The lowest BCUT2D eigenvalue weighted by Gasteiger charge is -2.09. The van der Waals surface area contributed by atoms with Crippen LogP contribution >= 0.6 is 15.9 Å². The summed E-state index contributed by atoms with van der Waals surface area (Å²) in [5, 5.41) is 15.9. The number of benzene rings is 1. The van der Waals surface area contributed by atoms with Crippen LogP contribution in [0.25, 0.3) is 10.9 Å². The zero-order valence-corrected chi connectivity index (χ0v) is 11.0. The van der Waals surface area contributed by atoms with Crippen molar-refractivity contribution in [3.63, 3.8) is 0 Å². The maximum atomic E-state index is 10.9. The fourth-order valence-corrected chi connectivity index (χ4v) is 2.68. The molecule has 94 valence electrons. The Bertz CT molecular complexity index is 619. The monoisotopic (exact) mass is 311 g/mol. The van der Waals surface area contributed by atoms with Gasteiger partial charge < -0.3 is 4.74 Å². The van der Waals surface area contributed by atoms with Crippen LogP contribution in [0.3, 0.4) is 0 Å². The molecule has 0 unspecified atom stereocenters. The number of hydrogen-bond acceptors (Lipinski definition) is 4. The van der Waals surface area contributed by atoms with E-state index in [-0.39, 0.29) is 11.7 Å². The summed E-state index contributed by atoms with van der Waals surface area (Å²) in [5.41, 5.74) is 0.952. The predicted molar refractivity (Wildman–Crippen MR) is 68.6 cm³/mol. The number of nitro benzene ring substituents is 1. The van der Waals surface area contributed by atoms with Crippen molar-refractivity contribution < 1.29 is 9.66 Å². The van der Waals surface area contributed by atoms with Crippen LogP contribution in [-0.4, -0.2) is 27.9 Å². The summed E-state index contributed by atoms with van der Waals surface area (Å²) < 4.78 is 7.70. The summed E-state index contributed by atoms with van der Waals surface area (Å²) in [4.78, 5) is 10.5. The van der Waals surface area contributed by atoms with Crippen molar-refractivity contribution in [2.75, 3.05) is 13.2 Å². The van der Waals surface area contributed by atoms with Crippen LogP contribution < -0.4 is 0 Å². The zero-order valence-electron chi connectivity index (χ0n) is 9.38. The molecule has 6 nitrogen and oxygen atoms in total. The maximum absolute atomic E-state index is 10.9. The third-order valence-corrected chi connectivity index (χ3v) is 3.75. The van der Waals surface area contributed by atoms with Crippen LogP contribution in [-0.2, 0) is 4.74 Å². The lowest BCUT2D eigenvalue weighted by molar-refractivity contribution is -0.385. The minimum atomic E-state index is -0.403. The van der Waals surface area contributed by atoms with Gasteiger partial charge in [-0.15, -0.1) is 0 Å². The number of hydrogen-bond donors (Lipinski definition) is 0. The van der Waals surface area contributed by atoms with Crippen LogP contribution in [0.5, 0.6) is 0 Å². The van der Waals surface area contributed by atoms with Crippen LogP contribution in [0, 0.1) is 10.1 Å². The summed E-state index contributed by atoms with van der Waals surface area (Å²) in [6.45, 7) is 1.38. The number of nitro groups is 1. The van der Waals surface area contributed by atoms with Gasteiger partial charge in [0.1, 0.15) is 0 Å². The molecule has 0 N–H and O–H groups in total. The molecule has 1 atom stereocenters. The SMILES string of the molecule is O=[N+]([O-])c1cc2cnn([C@@H]3CCOC3)c2cc1Br. The van der Waals surface area contributed by atoms with E-state index in [9.17, 15) is 10.1 Å². The zero-order chi connectivity index (χ0) is 12.7. The Labute approximate surface area is 111 Å². The first-order valence-corrected chi connectivity index (χ1v) is 6.35. The molecule has 0 amide bonds. The smallest absolute Gasteiger partial charge is 0.284 e. The fraction of sp³-hybridized carbons (Fsp3) is 0.364. The number of aromatic nitrogens is 2. The van der Waals surface area contributed by atoms with Crippen molar-refractivity contribution in [2.24, 2.45) is 0 Å². The Morgan fingerprint density at radius 3 is 3.06 bits per heavy atom. The second-order valence-electron chi connectivity index (χ2n) is 4.23. The molecule has 7 heteroatoms. The van der Waals surface area contributed by atoms with Gasteiger partial charge in [0.15, 0.2) is 0 Å². The minimum absolute atomic E-state index is 0.0599. The van der Waals surface area contributed by atoms with Gasteiger partial charge in [0, 0.05) is 18.1 Å². The molecule has 0 spiro atoms. The number of halogens is 1. The predicted octanol–water partition coefficient (Wildman–Crippen LogP) is 2.67. The van der Waals surface area contributed by atoms with Crippen LogP contribution in [0.2, 0.25) is 0 Å². The third kappa shape index (κ3) is 1.79. The molecule has 1 saturated heterocycles. The first kappa shape index (κ1) is 11.6. The molecule has 1 fully saturated rings. The summed E-state index contributed by atoms with van der Waals surface area (Å²) in [7, 11) is 0. The van der Waals surface area contributed by atoms with Gasteiger partial charge in [-0.2, -0.15) is 5.10 Å². The molecular weight excluding hydrogens is 302 g/mol. The van der Waals surface area contributed by atoms with E-state index in [0.717, 1.165) is 23.9 Å². The van der Waals surface area contributed by atoms with Crippen molar-refractivity contribution >= 4 is 32.5 Å². The molecule has 1 aliphatic rings. The van der Waals surface area contributed by atoms with Gasteiger partial charge in [0.2, 0.25) is 0 Å². The lowest BCUT2D eigenvalue weighted by Crippen LogP contribution is -2.09. The Kier molecular flexibility index (Phi) is 2.79. The number of fused-ring (bicyclic) bond motifs is 1. The molecule has 0 saturated carbocycles. The molecule has 2 aromatic rings. The van der Waals surface area contributed by atoms with Crippen LogP contribution in [0.1, 0.15) is 12.5 Å². The molecule has 2 heterocycles. The highest BCUT2D eigenvalue weighted by molar-refractivity contribution is 9.10. The standard InChI is InChI=1S/C11H10BrN3O3/c12-9-4-10-7(3-11(9)15(16)17)5-13-14(10)8-1-2-18-6-8/h3-5,8H,1-2,6H2/t8-/m1/s1. The summed E-state index contributed by atoms with van der Waals surface area (Å²) in [6.07, 6.45) is 2.58. The molecular formula is C11H10BrN3O3. The van der Waals surface area contributed by atoms with Gasteiger partial charge in [-0.3, -0.25) is 14.8 Å². The van der Waals surface area contributed by atoms with Crippen molar-refractivity contribution in [1.82, 2.24) is 9.78 Å². The lowest BCUT2D eigenvalue weighted by atomic mass is 10.2. The van der Waals surface area contributed by atoms with E-state index in [1.54, 1.807) is 18.3 Å². The Balaban J connectivity index is 2.14. The molecule has 1 aromatic carbocycles. The fourth-order valence-electron chi connectivity index (χ4n) is 2.20. The van der Waals surface area contributed by atoms with E-state index in [2.05, 4.69) is 21.0 Å². The third-order valence-electron chi connectivity index (χ3n) is 3.11. The first-order chi connectivity index (χ1) is 8.66. The molecule has 18 heavy (non-hydrogen) atoms. The summed E-state index contributed by atoms with van der Waals surface area (Å²) in [5.74, 6) is 0. The molecule has 0 bridgehead atoms. The second kappa shape index (κ2) is 4.33. The summed E-state index contributed by atoms with van der Waals surface area (Å²) in [6, 6.07) is 3.51. The molecule has 0 radical (unpaired) electrons. The van der Waals surface area contributed by atoms with Gasteiger partial charge in [-0.25, -0.2) is 0 Å². The maximum Gasteiger partial charge on any atom is 0.284 e. The van der Waals surface area contributed by atoms with Gasteiger partial charge in [-0.05, 0) is 28.4 Å². The molecule has 1 aliphatic heterocycles. The normalized spacial score (nSPS) is 19.5. The van der Waals surface area contributed by atoms with Crippen LogP contribution in [0.4, 0.5) is 5.69 Å². The van der Waals surface area contributed by atoms with Crippen molar-refractivity contribution in [1.29, 1.82) is 0 Å².